The molecule has 2 unspecified atom stereocenters. The molecule has 0 saturated heterocycles. The summed E-state index contributed by atoms with van der Waals surface area (Å²) in [7, 11) is 0. The quantitative estimate of drug-likeness (QED) is 0.0321. The van der Waals surface area contributed by atoms with Crippen molar-refractivity contribution in [3.8, 4) is 0 Å². The van der Waals surface area contributed by atoms with Gasteiger partial charge in [-0.05, 0) is 89.9 Å². The van der Waals surface area contributed by atoms with Crippen LogP contribution in [0.25, 0.3) is 0 Å². The molecule has 0 aliphatic heterocycles. The number of hydrogen-bond acceptors (Lipinski definition) is 5. The molecule has 0 aromatic carbocycles. The summed E-state index contributed by atoms with van der Waals surface area (Å²) >= 11 is 0. The molecule has 0 aliphatic rings. The van der Waals surface area contributed by atoms with Gasteiger partial charge in [0.15, 0.2) is 0 Å². The fraction of sp³-hybridized carbons (Fsp3) is 0.841. The van der Waals surface area contributed by atoms with Gasteiger partial charge in [-0.3, -0.25) is 9.59 Å². The molecule has 1 amide bonds. The first-order valence-electron chi connectivity index (χ1n) is 30.4. The average molecular weight is 969 g/mol. The molecule has 0 heterocycles. The lowest BCUT2D eigenvalue weighted by molar-refractivity contribution is -0.143. The molecule has 0 saturated carbocycles. The van der Waals surface area contributed by atoms with Gasteiger partial charge in [-0.25, -0.2) is 0 Å². The van der Waals surface area contributed by atoms with Crippen LogP contribution in [0.3, 0.4) is 0 Å². The maximum atomic E-state index is 12.4. The Labute approximate surface area is 429 Å². The normalized spacial score (nSPS) is 12.9. The monoisotopic (exact) mass is 968 g/mol. The number of rotatable bonds is 56. The van der Waals surface area contributed by atoms with Crippen molar-refractivity contribution in [2.75, 3.05) is 13.2 Å². The number of amides is 1. The third-order valence-electron chi connectivity index (χ3n) is 13.9. The van der Waals surface area contributed by atoms with Gasteiger partial charge >= 0.3 is 5.97 Å². The minimum atomic E-state index is -0.667. The van der Waals surface area contributed by atoms with Crippen molar-refractivity contribution in [1.29, 1.82) is 0 Å². The predicted octanol–water partition coefficient (Wildman–Crippen LogP) is 19.0. The van der Waals surface area contributed by atoms with Crippen LogP contribution in [0, 0.1) is 0 Å². The first-order chi connectivity index (χ1) is 34.0. The van der Waals surface area contributed by atoms with Crippen molar-refractivity contribution in [2.24, 2.45) is 0 Å². The minimum Gasteiger partial charge on any atom is -0.466 e. The molecule has 0 bridgehead atoms. The zero-order chi connectivity index (χ0) is 50.0. The number of allylic oxidation sites excluding steroid dienone is 8. The Morgan fingerprint density at radius 1 is 0.406 bits per heavy atom. The maximum Gasteiger partial charge on any atom is 0.305 e. The van der Waals surface area contributed by atoms with Crippen molar-refractivity contribution < 1.29 is 24.5 Å². The van der Waals surface area contributed by atoms with E-state index in [1.54, 1.807) is 0 Å². The summed E-state index contributed by atoms with van der Waals surface area (Å²) < 4.78 is 5.49. The van der Waals surface area contributed by atoms with E-state index in [2.05, 4.69) is 67.8 Å². The lowest BCUT2D eigenvalue weighted by Crippen LogP contribution is -2.45. The Balaban J connectivity index is 3.41. The first-order valence-corrected chi connectivity index (χ1v) is 30.4. The second-order valence-corrected chi connectivity index (χ2v) is 20.7. The molecule has 404 valence electrons. The van der Waals surface area contributed by atoms with E-state index in [0.29, 0.717) is 25.9 Å². The fourth-order valence-corrected chi connectivity index (χ4v) is 9.17. The second kappa shape index (κ2) is 58.4. The molecule has 0 aromatic heterocycles. The molecular formula is C63H117NO5. The standard InChI is InChI=1S/C63H117NO5/c1-3-5-7-9-11-13-14-15-16-17-28-31-34-37-41-45-49-53-57-63(68)69-58-54-50-46-42-38-35-32-29-26-24-22-20-18-19-21-23-25-27-30-33-36-40-44-48-52-56-62(67)64-60(59-65)61(66)55-51-47-43-39-12-10-8-6-4-2/h13-14,16-17,19-22,60-61,65-66H,3-12,15,18,23-59H2,1-2H3,(H,64,67)/b14-13-,17-16-,21-19-,22-20-. The number of aliphatic hydroxyl groups is 2. The van der Waals surface area contributed by atoms with Gasteiger partial charge in [0.2, 0.25) is 5.91 Å². The van der Waals surface area contributed by atoms with E-state index in [4.69, 9.17) is 4.74 Å². The summed E-state index contributed by atoms with van der Waals surface area (Å²) in [6.07, 6.45) is 74.1. The number of unbranched alkanes of at least 4 members (excludes halogenated alkanes) is 37. The Morgan fingerprint density at radius 3 is 1.12 bits per heavy atom. The topological polar surface area (TPSA) is 95.9 Å². The third-order valence-corrected chi connectivity index (χ3v) is 13.9. The van der Waals surface area contributed by atoms with Crippen molar-refractivity contribution in [2.45, 2.75) is 328 Å². The molecule has 6 nitrogen and oxygen atoms in total. The zero-order valence-electron chi connectivity index (χ0n) is 46.0. The van der Waals surface area contributed by atoms with Gasteiger partial charge in [0, 0.05) is 12.8 Å². The van der Waals surface area contributed by atoms with Crippen LogP contribution in [0.5, 0.6) is 0 Å². The average Bonchev–Trinajstić information content (AvgIpc) is 3.35. The van der Waals surface area contributed by atoms with Gasteiger partial charge in [0.25, 0.3) is 0 Å². The smallest absolute Gasteiger partial charge is 0.305 e. The van der Waals surface area contributed by atoms with Gasteiger partial charge in [-0.1, -0.05) is 262 Å². The molecule has 3 N–H and O–H groups in total. The van der Waals surface area contributed by atoms with Crippen molar-refractivity contribution in [3.63, 3.8) is 0 Å². The summed E-state index contributed by atoms with van der Waals surface area (Å²) in [6, 6.07) is -0.545. The van der Waals surface area contributed by atoms with Gasteiger partial charge in [-0.15, -0.1) is 0 Å². The van der Waals surface area contributed by atoms with E-state index in [1.807, 2.05) is 0 Å². The van der Waals surface area contributed by atoms with E-state index < -0.39 is 12.1 Å². The molecule has 69 heavy (non-hydrogen) atoms. The highest BCUT2D eigenvalue weighted by Gasteiger charge is 2.20. The van der Waals surface area contributed by atoms with Crippen LogP contribution >= 0.6 is 0 Å². The summed E-state index contributed by atoms with van der Waals surface area (Å²) in [5.74, 6) is -0.0427. The van der Waals surface area contributed by atoms with Crippen molar-refractivity contribution >= 4 is 11.9 Å². The predicted molar refractivity (Wildman–Crippen MR) is 301 cm³/mol. The Morgan fingerprint density at radius 2 is 0.725 bits per heavy atom. The van der Waals surface area contributed by atoms with Crippen LogP contribution < -0.4 is 5.32 Å². The highest BCUT2D eigenvalue weighted by Crippen LogP contribution is 2.16. The Kier molecular flexibility index (Phi) is 56.5. The fourth-order valence-electron chi connectivity index (χ4n) is 9.17. The largest absolute Gasteiger partial charge is 0.466 e. The Bertz CT molecular complexity index is 1160. The molecular weight excluding hydrogens is 851 g/mol. The number of carbonyl (C=O) groups excluding carboxylic acids is 2. The number of hydrogen-bond donors (Lipinski definition) is 3. The van der Waals surface area contributed by atoms with Crippen LogP contribution in [0.1, 0.15) is 316 Å². The zero-order valence-corrected chi connectivity index (χ0v) is 46.0. The van der Waals surface area contributed by atoms with E-state index in [1.165, 1.54) is 225 Å². The molecule has 0 radical (unpaired) electrons. The number of ether oxygens (including phenoxy) is 1. The number of carbonyl (C=O) groups is 2. The molecule has 0 aliphatic carbocycles. The van der Waals surface area contributed by atoms with Gasteiger partial charge < -0.3 is 20.3 Å². The molecule has 0 aromatic rings. The Hall–Kier alpha value is -2.18. The van der Waals surface area contributed by atoms with Crippen LogP contribution in [0.4, 0.5) is 0 Å². The summed E-state index contributed by atoms with van der Waals surface area (Å²) in [5.41, 5.74) is 0. The van der Waals surface area contributed by atoms with Crippen LogP contribution in [-0.4, -0.2) is 47.4 Å². The summed E-state index contributed by atoms with van der Waals surface area (Å²) in [4.78, 5) is 24.5. The first kappa shape index (κ1) is 66.8. The van der Waals surface area contributed by atoms with Crippen molar-refractivity contribution in [1.82, 2.24) is 5.32 Å². The van der Waals surface area contributed by atoms with E-state index in [0.717, 1.165) is 57.8 Å². The number of nitrogens with one attached hydrogen (secondary N) is 1. The molecule has 2 atom stereocenters. The minimum absolute atomic E-state index is 0.00120. The molecule has 0 spiro atoms. The van der Waals surface area contributed by atoms with Gasteiger partial charge in [-0.2, -0.15) is 0 Å². The third kappa shape index (κ3) is 55.0. The van der Waals surface area contributed by atoms with E-state index >= 15 is 0 Å². The highest BCUT2D eigenvalue weighted by atomic mass is 16.5. The molecule has 0 rings (SSSR count). The number of esters is 1. The van der Waals surface area contributed by atoms with Gasteiger partial charge in [0.1, 0.15) is 0 Å². The lowest BCUT2D eigenvalue weighted by Gasteiger charge is -2.22. The highest BCUT2D eigenvalue weighted by molar-refractivity contribution is 5.76. The van der Waals surface area contributed by atoms with Crippen LogP contribution in [-0.2, 0) is 14.3 Å². The molecule has 6 heteroatoms. The van der Waals surface area contributed by atoms with E-state index in [-0.39, 0.29) is 18.5 Å². The summed E-state index contributed by atoms with van der Waals surface area (Å²) in [5, 5.41) is 23.1. The maximum absolute atomic E-state index is 12.4. The van der Waals surface area contributed by atoms with E-state index in [9.17, 15) is 19.8 Å². The van der Waals surface area contributed by atoms with Crippen molar-refractivity contribution in [3.05, 3.63) is 48.6 Å². The lowest BCUT2D eigenvalue weighted by atomic mass is 10.0. The second-order valence-electron chi connectivity index (χ2n) is 20.7. The SMILES string of the molecule is CCCCCC/C=C\C/C=C\CCCCCCCCCC(=O)OCCCCCCCCCCC/C=C\C/C=C\CCCCCCCCCCCC(=O)NC(CO)C(O)CCCCCCCCCCC. The van der Waals surface area contributed by atoms with Gasteiger partial charge in [0.05, 0.1) is 25.4 Å². The summed E-state index contributed by atoms with van der Waals surface area (Å²) in [6.45, 7) is 4.91. The van der Waals surface area contributed by atoms with Crippen LogP contribution in [0.15, 0.2) is 48.6 Å². The molecule has 0 fully saturated rings. The van der Waals surface area contributed by atoms with Crippen LogP contribution in [0.2, 0.25) is 0 Å². The number of aliphatic hydroxyl groups excluding tert-OH is 2.